The third-order valence-corrected chi connectivity index (χ3v) is 4.09. The van der Waals surface area contributed by atoms with Crippen molar-refractivity contribution in [2.75, 3.05) is 19.0 Å². The molecule has 1 aliphatic heterocycles. The van der Waals surface area contributed by atoms with Crippen molar-refractivity contribution in [2.24, 2.45) is 5.92 Å². The van der Waals surface area contributed by atoms with Crippen molar-refractivity contribution in [3.05, 3.63) is 58.6 Å². The van der Waals surface area contributed by atoms with Gasteiger partial charge < -0.3 is 14.8 Å². The van der Waals surface area contributed by atoms with Gasteiger partial charge in [0.2, 0.25) is 5.91 Å². The van der Waals surface area contributed by atoms with Crippen molar-refractivity contribution in [3.63, 3.8) is 0 Å². The number of amides is 1. The molecule has 2 aromatic carbocycles. The van der Waals surface area contributed by atoms with Crippen LogP contribution < -0.4 is 10.1 Å². The van der Waals surface area contributed by atoms with Gasteiger partial charge in [0.15, 0.2) is 0 Å². The summed E-state index contributed by atoms with van der Waals surface area (Å²) < 4.78 is 10.3. The van der Waals surface area contributed by atoms with Gasteiger partial charge in [-0.05, 0) is 48.4 Å². The van der Waals surface area contributed by atoms with Gasteiger partial charge in [-0.2, -0.15) is 0 Å². The quantitative estimate of drug-likeness (QED) is 0.867. The highest BCUT2D eigenvalue weighted by Gasteiger charge is 2.26. The molecule has 3 rings (SSSR count). The van der Waals surface area contributed by atoms with E-state index in [1.54, 1.807) is 30.3 Å². The summed E-state index contributed by atoms with van der Waals surface area (Å²) >= 11 is 5.99. The standard InChI is InChI=1S/C18H16ClNO4/c1-23-18(22)11-3-2-4-15(9-11)20-17(21)13-7-12-8-14(19)5-6-16(12)24-10-13/h2-6,8-9,13H,7,10H2,1H3,(H,20,21). The summed E-state index contributed by atoms with van der Waals surface area (Å²) in [4.78, 5) is 24.0. The SMILES string of the molecule is COC(=O)c1cccc(NC(=O)C2COc3ccc(Cl)cc3C2)c1. The molecule has 0 bridgehead atoms. The second-order valence-corrected chi connectivity index (χ2v) is 5.96. The second kappa shape index (κ2) is 6.93. The lowest BCUT2D eigenvalue weighted by molar-refractivity contribution is -0.121. The Kier molecular flexibility index (Phi) is 4.71. The van der Waals surface area contributed by atoms with E-state index in [1.165, 1.54) is 7.11 Å². The second-order valence-electron chi connectivity index (χ2n) is 5.53. The van der Waals surface area contributed by atoms with Crippen LogP contribution in [-0.4, -0.2) is 25.6 Å². The van der Waals surface area contributed by atoms with Crippen LogP contribution in [0.5, 0.6) is 5.75 Å². The maximum absolute atomic E-state index is 12.5. The first-order valence-electron chi connectivity index (χ1n) is 7.47. The summed E-state index contributed by atoms with van der Waals surface area (Å²) in [5.74, 6) is -0.174. The molecule has 1 N–H and O–H groups in total. The molecule has 1 heterocycles. The van der Waals surface area contributed by atoms with E-state index in [2.05, 4.69) is 10.1 Å². The fourth-order valence-corrected chi connectivity index (χ4v) is 2.81. The fourth-order valence-electron chi connectivity index (χ4n) is 2.62. The molecule has 0 spiro atoms. The monoisotopic (exact) mass is 345 g/mol. The Morgan fingerprint density at radius 1 is 1.25 bits per heavy atom. The number of anilines is 1. The number of benzene rings is 2. The zero-order chi connectivity index (χ0) is 17.1. The van der Waals surface area contributed by atoms with Gasteiger partial charge in [0, 0.05) is 10.7 Å². The smallest absolute Gasteiger partial charge is 0.337 e. The van der Waals surface area contributed by atoms with Gasteiger partial charge >= 0.3 is 5.97 Å². The fraction of sp³-hybridized carbons (Fsp3) is 0.222. The lowest BCUT2D eigenvalue weighted by Crippen LogP contribution is -2.32. The Balaban J connectivity index is 1.71. The van der Waals surface area contributed by atoms with E-state index in [0.29, 0.717) is 29.3 Å². The highest BCUT2D eigenvalue weighted by molar-refractivity contribution is 6.30. The molecule has 0 saturated carbocycles. The topological polar surface area (TPSA) is 64.6 Å². The molecule has 1 amide bonds. The number of nitrogens with one attached hydrogen (secondary N) is 1. The minimum absolute atomic E-state index is 0.164. The molecule has 2 aromatic rings. The van der Waals surface area contributed by atoms with Crippen LogP contribution in [0.3, 0.4) is 0 Å². The molecular weight excluding hydrogens is 330 g/mol. The van der Waals surface area contributed by atoms with Crippen LogP contribution in [0, 0.1) is 5.92 Å². The van der Waals surface area contributed by atoms with Gasteiger partial charge in [-0.15, -0.1) is 0 Å². The molecule has 1 unspecified atom stereocenters. The molecule has 24 heavy (non-hydrogen) atoms. The van der Waals surface area contributed by atoms with E-state index in [0.717, 1.165) is 11.3 Å². The number of ether oxygens (including phenoxy) is 2. The van der Waals surface area contributed by atoms with Gasteiger partial charge in [0.05, 0.1) is 18.6 Å². The summed E-state index contributed by atoms with van der Waals surface area (Å²) in [6.45, 7) is 0.303. The van der Waals surface area contributed by atoms with Crippen LogP contribution >= 0.6 is 11.6 Å². The first-order chi connectivity index (χ1) is 11.6. The van der Waals surface area contributed by atoms with Gasteiger partial charge in [-0.25, -0.2) is 4.79 Å². The molecule has 5 nitrogen and oxygen atoms in total. The zero-order valence-corrected chi connectivity index (χ0v) is 13.8. The van der Waals surface area contributed by atoms with Crippen molar-refractivity contribution >= 4 is 29.2 Å². The van der Waals surface area contributed by atoms with Crippen molar-refractivity contribution < 1.29 is 19.1 Å². The first-order valence-corrected chi connectivity index (χ1v) is 7.85. The minimum Gasteiger partial charge on any atom is -0.492 e. The molecule has 124 valence electrons. The Labute approximate surface area is 144 Å². The van der Waals surface area contributed by atoms with Crippen LogP contribution in [0.1, 0.15) is 15.9 Å². The van der Waals surface area contributed by atoms with Gasteiger partial charge in [0.1, 0.15) is 12.4 Å². The van der Waals surface area contributed by atoms with Crippen LogP contribution in [0.4, 0.5) is 5.69 Å². The number of fused-ring (bicyclic) bond motifs is 1. The summed E-state index contributed by atoms with van der Waals surface area (Å²) in [6.07, 6.45) is 0.554. The third kappa shape index (κ3) is 3.51. The lowest BCUT2D eigenvalue weighted by atomic mass is 9.96. The number of carbonyl (C=O) groups is 2. The Morgan fingerprint density at radius 2 is 2.08 bits per heavy atom. The number of methoxy groups -OCH3 is 1. The Hall–Kier alpha value is -2.53. The number of hydrogen-bond acceptors (Lipinski definition) is 4. The van der Waals surface area contributed by atoms with Crippen LogP contribution in [0.2, 0.25) is 5.02 Å². The van der Waals surface area contributed by atoms with Crippen LogP contribution in [0.15, 0.2) is 42.5 Å². The molecule has 1 atom stereocenters. The Morgan fingerprint density at radius 3 is 2.88 bits per heavy atom. The first kappa shape index (κ1) is 16.3. The van der Waals surface area contributed by atoms with Crippen molar-refractivity contribution in [1.29, 1.82) is 0 Å². The summed E-state index contributed by atoms with van der Waals surface area (Å²) in [5, 5.41) is 3.43. The van der Waals surface area contributed by atoms with Gasteiger partial charge in [0.25, 0.3) is 0 Å². The average Bonchev–Trinajstić information content (AvgIpc) is 2.60. The molecule has 1 aliphatic rings. The summed E-state index contributed by atoms with van der Waals surface area (Å²) in [6, 6.07) is 12.0. The van der Waals surface area contributed by atoms with E-state index in [-0.39, 0.29) is 11.8 Å². The molecule has 0 radical (unpaired) electrons. The van der Waals surface area contributed by atoms with Crippen molar-refractivity contribution in [1.82, 2.24) is 0 Å². The molecule has 6 heteroatoms. The number of hydrogen-bond donors (Lipinski definition) is 1. The molecule has 0 aromatic heterocycles. The van der Waals surface area contributed by atoms with Gasteiger partial charge in [-0.1, -0.05) is 17.7 Å². The van der Waals surface area contributed by atoms with Crippen LogP contribution in [-0.2, 0) is 16.0 Å². The highest BCUT2D eigenvalue weighted by Crippen LogP contribution is 2.30. The molecule has 0 fully saturated rings. The van der Waals surface area contributed by atoms with E-state index in [9.17, 15) is 9.59 Å². The van der Waals surface area contributed by atoms with E-state index < -0.39 is 5.97 Å². The Bertz CT molecular complexity index is 790. The predicted octanol–water partition coefficient (Wildman–Crippen LogP) is 3.32. The number of carbonyl (C=O) groups excluding carboxylic acids is 2. The molecular formula is C18H16ClNO4. The van der Waals surface area contributed by atoms with Gasteiger partial charge in [-0.3, -0.25) is 4.79 Å². The number of esters is 1. The zero-order valence-electron chi connectivity index (χ0n) is 13.0. The van der Waals surface area contributed by atoms with E-state index in [1.807, 2.05) is 12.1 Å². The maximum atomic E-state index is 12.5. The number of rotatable bonds is 3. The maximum Gasteiger partial charge on any atom is 0.337 e. The lowest BCUT2D eigenvalue weighted by Gasteiger charge is -2.24. The predicted molar refractivity (Wildman–Crippen MR) is 90.6 cm³/mol. The molecule has 0 saturated heterocycles. The van der Waals surface area contributed by atoms with Crippen molar-refractivity contribution in [2.45, 2.75) is 6.42 Å². The normalized spacial score (nSPS) is 15.8. The summed E-state index contributed by atoms with van der Waals surface area (Å²) in [7, 11) is 1.32. The summed E-state index contributed by atoms with van der Waals surface area (Å²) in [5.41, 5.74) is 1.84. The minimum atomic E-state index is -0.448. The largest absolute Gasteiger partial charge is 0.492 e. The molecule has 0 aliphatic carbocycles. The van der Waals surface area contributed by atoms with Crippen molar-refractivity contribution in [3.8, 4) is 5.75 Å². The van der Waals surface area contributed by atoms with Crippen LogP contribution in [0.25, 0.3) is 0 Å². The average molecular weight is 346 g/mol. The highest BCUT2D eigenvalue weighted by atomic mass is 35.5. The third-order valence-electron chi connectivity index (χ3n) is 3.85. The van der Waals surface area contributed by atoms with E-state index in [4.69, 9.17) is 16.3 Å². The van der Waals surface area contributed by atoms with E-state index >= 15 is 0 Å². The number of halogens is 1.